The highest BCUT2D eigenvalue weighted by atomic mass is 32.2. The fourth-order valence-electron chi connectivity index (χ4n) is 1.26. The van der Waals surface area contributed by atoms with Crippen molar-refractivity contribution in [3.8, 4) is 6.07 Å². The first kappa shape index (κ1) is 11.4. The Kier molecular flexibility index (Phi) is 3.21. The maximum Gasteiger partial charge on any atom is 0.251 e. The Morgan fingerprint density at radius 2 is 2.35 bits per heavy atom. The van der Waals surface area contributed by atoms with Gasteiger partial charge in [0.2, 0.25) is 0 Å². The summed E-state index contributed by atoms with van der Waals surface area (Å²) in [6, 6.07) is 6.90. The van der Waals surface area contributed by atoms with Gasteiger partial charge in [-0.2, -0.15) is 5.26 Å². The van der Waals surface area contributed by atoms with Crippen LogP contribution in [-0.4, -0.2) is 15.0 Å². The minimum absolute atomic E-state index is 0.206. The predicted octanol–water partition coefficient (Wildman–Crippen LogP) is 1.50. The van der Waals surface area contributed by atoms with Crippen molar-refractivity contribution >= 4 is 11.8 Å². The van der Waals surface area contributed by atoms with Gasteiger partial charge in [-0.05, 0) is 30.8 Å². The van der Waals surface area contributed by atoms with Crippen LogP contribution in [0.15, 0.2) is 39.2 Å². The number of hydrogen-bond donors (Lipinski definition) is 1. The minimum Gasteiger partial charge on any atom is -0.301 e. The molecule has 17 heavy (non-hydrogen) atoms. The zero-order valence-corrected chi connectivity index (χ0v) is 9.78. The van der Waals surface area contributed by atoms with E-state index in [1.807, 2.05) is 6.07 Å². The van der Waals surface area contributed by atoms with E-state index in [0.29, 0.717) is 21.4 Å². The van der Waals surface area contributed by atoms with Crippen LogP contribution in [-0.2, 0) is 0 Å². The molecule has 0 unspecified atom stereocenters. The summed E-state index contributed by atoms with van der Waals surface area (Å²) in [6.45, 7) is 1.74. The molecule has 2 aromatic heterocycles. The van der Waals surface area contributed by atoms with Crippen LogP contribution in [0.2, 0.25) is 0 Å². The van der Waals surface area contributed by atoms with Crippen LogP contribution in [0.3, 0.4) is 0 Å². The second kappa shape index (κ2) is 4.80. The molecule has 84 valence electrons. The fourth-order valence-corrected chi connectivity index (χ4v) is 2.15. The summed E-state index contributed by atoms with van der Waals surface area (Å²) in [5, 5.41) is 9.35. The van der Waals surface area contributed by atoms with Crippen LogP contribution >= 0.6 is 11.8 Å². The van der Waals surface area contributed by atoms with E-state index in [4.69, 9.17) is 5.26 Å². The van der Waals surface area contributed by atoms with Crippen molar-refractivity contribution in [1.29, 1.82) is 5.26 Å². The molecule has 2 aromatic rings. The molecule has 0 fully saturated rings. The summed E-state index contributed by atoms with van der Waals surface area (Å²) in [7, 11) is 0. The van der Waals surface area contributed by atoms with E-state index in [-0.39, 0.29) is 5.56 Å². The molecule has 0 radical (unpaired) electrons. The SMILES string of the molecule is Cc1cc(=O)[nH]c(Sc2cccnc2C#N)n1. The first-order chi connectivity index (χ1) is 8.19. The Morgan fingerprint density at radius 3 is 3.06 bits per heavy atom. The van der Waals surface area contributed by atoms with Gasteiger partial charge in [-0.1, -0.05) is 0 Å². The molecule has 0 saturated heterocycles. The molecule has 0 aromatic carbocycles. The number of hydrogen-bond acceptors (Lipinski definition) is 5. The van der Waals surface area contributed by atoms with Crippen molar-refractivity contribution in [3.63, 3.8) is 0 Å². The number of aromatic nitrogens is 3. The fraction of sp³-hybridized carbons (Fsp3) is 0.0909. The molecular weight excluding hydrogens is 236 g/mol. The Morgan fingerprint density at radius 1 is 1.53 bits per heavy atom. The molecular formula is C11H8N4OS. The third kappa shape index (κ3) is 2.71. The van der Waals surface area contributed by atoms with Crippen molar-refractivity contribution in [2.75, 3.05) is 0 Å². The maximum absolute atomic E-state index is 11.3. The zero-order chi connectivity index (χ0) is 12.3. The van der Waals surface area contributed by atoms with Gasteiger partial charge in [0.15, 0.2) is 10.9 Å². The van der Waals surface area contributed by atoms with E-state index < -0.39 is 0 Å². The van der Waals surface area contributed by atoms with E-state index in [1.165, 1.54) is 17.8 Å². The molecule has 0 aliphatic carbocycles. The lowest BCUT2D eigenvalue weighted by Crippen LogP contribution is -2.08. The number of rotatable bonds is 2. The van der Waals surface area contributed by atoms with Crippen molar-refractivity contribution in [2.45, 2.75) is 17.0 Å². The molecule has 0 bridgehead atoms. The second-order valence-corrected chi connectivity index (χ2v) is 4.29. The molecule has 6 heteroatoms. The van der Waals surface area contributed by atoms with Gasteiger partial charge in [0.1, 0.15) is 6.07 Å². The molecule has 0 amide bonds. The van der Waals surface area contributed by atoms with Crippen molar-refractivity contribution in [3.05, 3.63) is 46.1 Å². The van der Waals surface area contributed by atoms with Gasteiger partial charge in [-0.25, -0.2) is 9.97 Å². The summed E-state index contributed by atoms with van der Waals surface area (Å²) in [5.74, 6) is 0. The van der Waals surface area contributed by atoms with Crippen LogP contribution < -0.4 is 5.56 Å². The van der Waals surface area contributed by atoms with Crippen LogP contribution in [0, 0.1) is 18.3 Å². The van der Waals surface area contributed by atoms with E-state index >= 15 is 0 Å². The summed E-state index contributed by atoms with van der Waals surface area (Å²) in [4.78, 5) is 22.7. The van der Waals surface area contributed by atoms with Gasteiger partial charge in [-0.15, -0.1) is 0 Å². The molecule has 5 nitrogen and oxygen atoms in total. The third-order valence-electron chi connectivity index (χ3n) is 1.93. The molecule has 0 atom stereocenters. The minimum atomic E-state index is -0.206. The van der Waals surface area contributed by atoms with Crippen molar-refractivity contribution < 1.29 is 0 Å². The van der Waals surface area contributed by atoms with Gasteiger partial charge in [-0.3, -0.25) is 4.79 Å². The lowest BCUT2D eigenvalue weighted by Gasteiger charge is -2.02. The first-order valence-electron chi connectivity index (χ1n) is 4.80. The maximum atomic E-state index is 11.3. The lowest BCUT2D eigenvalue weighted by atomic mass is 10.4. The van der Waals surface area contributed by atoms with Crippen molar-refractivity contribution in [2.24, 2.45) is 0 Å². The summed E-state index contributed by atoms with van der Waals surface area (Å²) >= 11 is 1.22. The van der Waals surface area contributed by atoms with Crippen molar-refractivity contribution in [1.82, 2.24) is 15.0 Å². The number of aryl methyl sites for hydroxylation is 1. The second-order valence-electron chi connectivity index (χ2n) is 3.26. The first-order valence-corrected chi connectivity index (χ1v) is 5.61. The van der Waals surface area contributed by atoms with Crippen LogP contribution in [0.4, 0.5) is 0 Å². The zero-order valence-electron chi connectivity index (χ0n) is 8.97. The normalized spacial score (nSPS) is 9.88. The van der Waals surface area contributed by atoms with E-state index in [1.54, 1.807) is 25.3 Å². The lowest BCUT2D eigenvalue weighted by molar-refractivity contribution is 0.904. The average Bonchev–Trinajstić information content (AvgIpc) is 2.28. The number of H-pyrrole nitrogens is 1. The molecule has 1 N–H and O–H groups in total. The summed E-state index contributed by atoms with van der Waals surface area (Å²) < 4.78 is 0. The predicted molar refractivity (Wildman–Crippen MR) is 62.7 cm³/mol. The molecule has 0 aliphatic heterocycles. The number of aromatic amines is 1. The van der Waals surface area contributed by atoms with E-state index in [9.17, 15) is 4.79 Å². The van der Waals surface area contributed by atoms with Crippen LogP contribution in [0.1, 0.15) is 11.4 Å². The standard InChI is InChI=1S/C11H8N4OS/c1-7-5-10(16)15-11(14-7)17-9-3-2-4-13-8(9)6-12/h2-5H,1H3,(H,14,15,16). The largest absolute Gasteiger partial charge is 0.301 e. The highest BCUT2D eigenvalue weighted by molar-refractivity contribution is 7.99. The topological polar surface area (TPSA) is 82.4 Å². The van der Waals surface area contributed by atoms with E-state index in [2.05, 4.69) is 15.0 Å². The third-order valence-corrected chi connectivity index (χ3v) is 2.87. The smallest absolute Gasteiger partial charge is 0.251 e. The highest BCUT2D eigenvalue weighted by Crippen LogP contribution is 2.25. The molecule has 0 aliphatic rings. The van der Waals surface area contributed by atoms with E-state index in [0.717, 1.165) is 0 Å². The van der Waals surface area contributed by atoms with Crippen LogP contribution in [0.5, 0.6) is 0 Å². The molecule has 2 heterocycles. The monoisotopic (exact) mass is 244 g/mol. The van der Waals surface area contributed by atoms with Crippen LogP contribution in [0.25, 0.3) is 0 Å². The number of pyridine rings is 1. The van der Waals surface area contributed by atoms with Gasteiger partial charge in [0, 0.05) is 18.0 Å². The Hall–Kier alpha value is -2.13. The summed E-state index contributed by atoms with van der Waals surface area (Å²) in [6.07, 6.45) is 1.55. The quantitative estimate of drug-likeness (QED) is 0.809. The van der Waals surface area contributed by atoms with Gasteiger partial charge >= 0.3 is 0 Å². The van der Waals surface area contributed by atoms with Gasteiger partial charge < -0.3 is 4.98 Å². The molecule has 0 spiro atoms. The molecule has 0 saturated carbocycles. The summed E-state index contributed by atoms with van der Waals surface area (Å²) in [5.41, 5.74) is 0.753. The Bertz CT molecular complexity index is 644. The number of nitrogens with zero attached hydrogens (tertiary/aromatic N) is 3. The van der Waals surface area contributed by atoms with Gasteiger partial charge in [0.05, 0.1) is 4.90 Å². The molecule has 2 rings (SSSR count). The van der Waals surface area contributed by atoms with Gasteiger partial charge in [0.25, 0.3) is 5.56 Å². The Labute approximate surface area is 102 Å². The highest BCUT2D eigenvalue weighted by Gasteiger charge is 2.06. The number of nitrogens with one attached hydrogen (secondary N) is 1. The number of nitriles is 1. The average molecular weight is 244 g/mol. The Balaban J connectivity index is 2.38.